The van der Waals surface area contributed by atoms with E-state index in [-0.39, 0.29) is 18.3 Å². The summed E-state index contributed by atoms with van der Waals surface area (Å²) in [5.41, 5.74) is 1.05. The van der Waals surface area contributed by atoms with Gasteiger partial charge in [0.05, 0.1) is 5.56 Å². The van der Waals surface area contributed by atoms with Crippen LogP contribution < -0.4 is 9.47 Å². The van der Waals surface area contributed by atoms with Crippen molar-refractivity contribution in [2.24, 2.45) is 0 Å². The molecule has 1 aromatic rings. The average molecular weight is 208 g/mol. The molecule has 4 heteroatoms. The number of benzene rings is 1. The Morgan fingerprint density at radius 1 is 1.53 bits per heavy atom. The van der Waals surface area contributed by atoms with Crippen molar-refractivity contribution in [1.29, 1.82) is 0 Å². The van der Waals surface area contributed by atoms with Crippen LogP contribution in [0.2, 0.25) is 0 Å². The highest BCUT2D eigenvalue weighted by Gasteiger charge is 2.24. The van der Waals surface area contributed by atoms with Gasteiger partial charge < -0.3 is 14.6 Å². The van der Waals surface area contributed by atoms with Crippen molar-refractivity contribution in [2.45, 2.75) is 20.3 Å². The van der Waals surface area contributed by atoms with Gasteiger partial charge in [0.15, 0.2) is 17.3 Å². The quantitative estimate of drug-likeness (QED) is 0.754. The molecule has 0 aliphatic carbocycles. The highest BCUT2D eigenvalue weighted by molar-refractivity contribution is 5.99. The highest BCUT2D eigenvalue weighted by atomic mass is 16.7. The molecule has 0 amide bonds. The third-order valence-electron chi connectivity index (χ3n) is 2.45. The fourth-order valence-corrected chi connectivity index (χ4v) is 1.83. The highest BCUT2D eigenvalue weighted by Crippen LogP contribution is 2.42. The SMILES string of the molecule is CCc1c2c(cc(O)c1C(C)=O)OCO2. The molecule has 0 spiro atoms. The van der Waals surface area contributed by atoms with E-state index in [0.29, 0.717) is 23.5 Å². The fourth-order valence-electron chi connectivity index (χ4n) is 1.83. The number of hydrogen-bond donors (Lipinski definition) is 1. The molecule has 2 rings (SSSR count). The van der Waals surface area contributed by atoms with Crippen LogP contribution in [0, 0.1) is 0 Å². The van der Waals surface area contributed by atoms with Crippen molar-refractivity contribution in [2.75, 3.05) is 6.79 Å². The fraction of sp³-hybridized carbons (Fsp3) is 0.364. The Balaban J connectivity index is 2.69. The Morgan fingerprint density at radius 3 is 2.87 bits per heavy atom. The molecule has 0 radical (unpaired) electrons. The molecule has 0 saturated heterocycles. The average Bonchev–Trinajstić information content (AvgIpc) is 2.62. The van der Waals surface area contributed by atoms with Crippen LogP contribution in [0.1, 0.15) is 29.8 Å². The number of aromatic hydroxyl groups is 1. The molecular formula is C11H12O4. The molecule has 1 aliphatic heterocycles. The van der Waals surface area contributed by atoms with Crippen LogP contribution in [0.4, 0.5) is 0 Å². The lowest BCUT2D eigenvalue weighted by Gasteiger charge is -2.10. The number of ketones is 1. The standard InChI is InChI=1S/C11H12O4/c1-3-7-10(6(2)12)8(13)4-9-11(7)15-5-14-9/h4,13H,3,5H2,1-2H3. The topological polar surface area (TPSA) is 55.8 Å². The van der Waals surface area contributed by atoms with Crippen molar-refractivity contribution < 1.29 is 19.4 Å². The lowest BCUT2D eigenvalue weighted by Crippen LogP contribution is -2.01. The maximum Gasteiger partial charge on any atom is 0.231 e. The molecule has 1 aromatic carbocycles. The Morgan fingerprint density at radius 2 is 2.27 bits per heavy atom. The second-order valence-electron chi connectivity index (χ2n) is 3.39. The van der Waals surface area contributed by atoms with Crippen LogP contribution in [-0.4, -0.2) is 17.7 Å². The summed E-state index contributed by atoms with van der Waals surface area (Å²) < 4.78 is 10.4. The summed E-state index contributed by atoms with van der Waals surface area (Å²) >= 11 is 0. The van der Waals surface area contributed by atoms with Gasteiger partial charge in [0.2, 0.25) is 6.79 Å². The van der Waals surface area contributed by atoms with Crippen molar-refractivity contribution in [3.8, 4) is 17.2 Å². The second-order valence-corrected chi connectivity index (χ2v) is 3.39. The van der Waals surface area contributed by atoms with E-state index in [1.807, 2.05) is 6.92 Å². The normalized spacial score (nSPS) is 12.9. The number of ether oxygens (including phenoxy) is 2. The van der Waals surface area contributed by atoms with Gasteiger partial charge in [0, 0.05) is 11.6 Å². The molecule has 0 bridgehead atoms. The van der Waals surface area contributed by atoms with E-state index in [2.05, 4.69) is 0 Å². The third-order valence-corrected chi connectivity index (χ3v) is 2.45. The molecule has 0 fully saturated rings. The predicted molar refractivity (Wildman–Crippen MR) is 53.6 cm³/mol. The summed E-state index contributed by atoms with van der Waals surface area (Å²) in [5.74, 6) is 0.890. The predicted octanol–water partition coefficient (Wildman–Crippen LogP) is 1.89. The van der Waals surface area contributed by atoms with E-state index < -0.39 is 0 Å². The first kappa shape index (κ1) is 9.83. The van der Waals surface area contributed by atoms with Gasteiger partial charge in [0.1, 0.15) is 5.75 Å². The molecule has 80 valence electrons. The van der Waals surface area contributed by atoms with Gasteiger partial charge in [-0.1, -0.05) is 6.92 Å². The molecule has 15 heavy (non-hydrogen) atoms. The first-order chi connectivity index (χ1) is 7.15. The number of Topliss-reactive ketones (excluding diaryl/α,β-unsaturated/α-hetero) is 1. The second kappa shape index (κ2) is 3.46. The zero-order chi connectivity index (χ0) is 11.0. The van der Waals surface area contributed by atoms with E-state index >= 15 is 0 Å². The maximum atomic E-state index is 11.4. The minimum absolute atomic E-state index is 0.0383. The molecule has 1 N–H and O–H groups in total. The van der Waals surface area contributed by atoms with Gasteiger partial charge in [-0.3, -0.25) is 4.79 Å². The van der Waals surface area contributed by atoms with Gasteiger partial charge in [-0.2, -0.15) is 0 Å². The maximum absolute atomic E-state index is 11.4. The largest absolute Gasteiger partial charge is 0.507 e. The number of fused-ring (bicyclic) bond motifs is 1. The monoisotopic (exact) mass is 208 g/mol. The third kappa shape index (κ3) is 1.42. The molecule has 0 unspecified atom stereocenters. The van der Waals surface area contributed by atoms with Crippen LogP contribution in [0.5, 0.6) is 17.2 Å². The van der Waals surface area contributed by atoms with Gasteiger partial charge in [0.25, 0.3) is 0 Å². The number of hydrogen-bond acceptors (Lipinski definition) is 4. The number of rotatable bonds is 2. The van der Waals surface area contributed by atoms with Gasteiger partial charge in [-0.25, -0.2) is 0 Å². The summed E-state index contributed by atoms with van der Waals surface area (Å²) in [4.78, 5) is 11.4. The zero-order valence-corrected chi connectivity index (χ0v) is 8.66. The minimum atomic E-state index is -0.164. The van der Waals surface area contributed by atoms with Crippen LogP contribution in [0.3, 0.4) is 0 Å². The smallest absolute Gasteiger partial charge is 0.231 e. The summed E-state index contributed by atoms with van der Waals surface area (Å²) in [6, 6.07) is 1.43. The van der Waals surface area contributed by atoms with Crippen molar-refractivity contribution in [3.05, 3.63) is 17.2 Å². The number of phenols is 1. The molecule has 1 heterocycles. The number of carbonyl (C=O) groups excluding carboxylic acids is 1. The van der Waals surface area contributed by atoms with Crippen molar-refractivity contribution in [3.63, 3.8) is 0 Å². The minimum Gasteiger partial charge on any atom is -0.507 e. The molecule has 0 saturated carbocycles. The van der Waals surface area contributed by atoms with Crippen molar-refractivity contribution in [1.82, 2.24) is 0 Å². The summed E-state index contributed by atoms with van der Waals surface area (Å²) in [6.45, 7) is 3.47. The first-order valence-corrected chi connectivity index (χ1v) is 4.80. The lowest BCUT2D eigenvalue weighted by atomic mass is 9.99. The molecule has 0 atom stereocenters. The molecular weight excluding hydrogens is 196 g/mol. The first-order valence-electron chi connectivity index (χ1n) is 4.80. The van der Waals surface area contributed by atoms with Crippen LogP contribution in [-0.2, 0) is 6.42 Å². The molecule has 1 aliphatic rings. The van der Waals surface area contributed by atoms with Crippen LogP contribution >= 0.6 is 0 Å². The number of carbonyl (C=O) groups is 1. The van der Waals surface area contributed by atoms with Gasteiger partial charge >= 0.3 is 0 Å². The van der Waals surface area contributed by atoms with E-state index in [0.717, 1.165) is 5.56 Å². The van der Waals surface area contributed by atoms with Gasteiger partial charge in [-0.05, 0) is 13.3 Å². The van der Waals surface area contributed by atoms with E-state index in [1.165, 1.54) is 13.0 Å². The van der Waals surface area contributed by atoms with Crippen molar-refractivity contribution >= 4 is 5.78 Å². The zero-order valence-electron chi connectivity index (χ0n) is 8.66. The van der Waals surface area contributed by atoms with Gasteiger partial charge in [-0.15, -0.1) is 0 Å². The Bertz CT molecular complexity index is 423. The summed E-state index contributed by atoms with van der Waals surface area (Å²) in [7, 11) is 0. The van der Waals surface area contributed by atoms with E-state index in [1.54, 1.807) is 0 Å². The molecule has 0 aromatic heterocycles. The lowest BCUT2D eigenvalue weighted by molar-refractivity contribution is 0.101. The van der Waals surface area contributed by atoms with Crippen LogP contribution in [0.25, 0.3) is 0 Å². The summed E-state index contributed by atoms with van der Waals surface area (Å²) in [6.07, 6.45) is 0.620. The summed E-state index contributed by atoms with van der Waals surface area (Å²) in [5, 5.41) is 9.70. The van der Waals surface area contributed by atoms with E-state index in [4.69, 9.17) is 9.47 Å². The Kier molecular flexibility index (Phi) is 2.26. The van der Waals surface area contributed by atoms with E-state index in [9.17, 15) is 9.90 Å². The van der Waals surface area contributed by atoms with Crippen LogP contribution in [0.15, 0.2) is 6.07 Å². The number of phenolic OH excluding ortho intramolecular Hbond substituents is 1. The Hall–Kier alpha value is -1.71. The molecule has 4 nitrogen and oxygen atoms in total. The Labute approximate surface area is 87.4 Å².